The number of hydrogen-bond donors (Lipinski definition) is 2. The first-order valence-corrected chi connectivity index (χ1v) is 8.52. The van der Waals surface area contributed by atoms with Crippen LogP contribution >= 0.6 is 0 Å². The fourth-order valence-electron chi connectivity index (χ4n) is 3.11. The van der Waals surface area contributed by atoms with Crippen LogP contribution in [0.25, 0.3) is 0 Å². The SMILES string of the molecule is O=C(CCN1CCN(c2ccccn2)CC1)NCC1(O)CCC1. The summed E-state index contributed by atoms with van der Waals surface area (Å²) < 4.78 is 0. The summed E-state index contributed by atoms with van der Waals surface area (Å²) in [7, 11) is 0. The molecule has 3 rings (SSSR count). The Kier molecular flexibility index (Phi) is 5.13. The standard InChI is InChI=1S/C17H26N4O2/c22-16(19-14-17(23)6-3-7-17)5-9-20-10-12-21(13-11-20)15-4-1-2-8-18-15/h1-2,4,8,23H,3,5-7,9-14H2,(H,19,22). The number of hydrogen-bond acceptors (Lipinski definition) is 5. The molecule has 0 spiro atoms. The second-order valence-electron chi connectivity index (χ2n) is 6.62. The van der Waals surface area contributed by atoms with E-state index >= 15 is 0 Å². The fourth-order valence-corrected chi connectivity index (χ4v) is 3.11. The van der Waals surface area contributed by atoms with Gasteiger partial charge in [-0.05, 0) is 31.4 Å². The molecule has 0 aromatic carbocycles. The minimum atomic E-state index is -0.635. The van der Waals surface area contributed by atoms with Crippen molar-refractivity contribution in [1.82, 2.24) is 15.2 Å². The lowest BCUT2D eigenvalue weighted by Crippen LogP contribution is -2.49. The summed E-state index contributed by atoms with van der Waals surface area (Å²) in [5.41, 5.74) is -0.635. The number of rotatable bonds is 6. The number of carbonyl (C=O) groups excluding carboxylic acids is 1. The van der Waals surface area contributed by atoms with Crippen molar-refractivity contribution in [3.8, 4) is 0 Å². The monoisotopic (exact) mass is 318 g/mol. The third-order valence-corrected chi connectivity index (χ3v) is 4.90. The van der Waals surface area contributed by atoms with Crippen molar-refractivity contribution in [1.29, 1.82) is 0 Å². The van der Waals surface area contributed by atoms with Crippen LogP contribution in [0.15, 0.2) is 24.4 Å². The van der Waals surface area contributed by atoms with Crippen LogP contribution in [0.3, 0.4) is 0 Å². The molecule has 0 bridgehead atoms. The van der Waals surface area contributed by atoms with Gasteiger partial charge in [-0.2, -0.15) is 0 Å². The molecular formula is C17H26N4O2. The number of aromatic nitrogens is 1. The number of nitrogens with one attached hydrogen (secondary N) is 1. The van der Waals surface area contributed by atoms with E-state index in [4.69, 9.17) is 0 Å². The molecule has 1 saturated carbocycles. The van der Waals surface area contributed by atoms with Crippen LogP contribution in [0.5, 0.6) is 0 Å². The van der Waals surface area contributed by atoms with Crippen molar-refractivity contribution in [2.24, 2.45) is 0 Å². The number of amides is 1. The minimum absolute atomic E-state index is 0.0393. The molecular weight excluding hydrogens is 292 g/mol. The molecule has 1 aromatic rings. The molecule has 1 aromatic heterocycles. The fraction of sp³-hybridized carbons (Fsp3) is 0.647. The zero-order chi connectivity index (χ0) is 16.1. The van der Waals surface area contributed by atoms with E-state index in [1.165, 1.54) is 0 Å². The molecule has 0 radical (unpaired) electrons. The molecule has 2 aliphatic rings. The first-order chi connectivity index (χ1) is 11.1. The van der Waals surface area contributed by atoms with Gasteiger partial charge in [-0.15, -0.1) is 0 Å². The predicted octanol–water partition coefficient (Wildman–Crippen LogP) is 0.625. The Hall–Kier alpha value is -1.66. The molecule has 1 saturated heterocycles. The van der Waals surface area contributed by atoms with E-state index in [1.807, 2.05) is 24.4 Å². The van der Waals surface area contributed by atoms with Gasteiger partial charge in [0.25, 0.3) is 0 Å². The van der Waals surface area contributed by atoms with Gasteiger partial charge >= 0.3 is 0 Å². The quantitative estimate of drug-likeness (QED) is 0.805. The number of pyridine rings is 1. The molecule has 2 heterocycles. The first-order valence-electron chi connectivity index (χ1n) is 8.52. The van der Waals surface area contributed by atoms with Crippen molar-refractivity contribution in [2.75, 3.05) is 44.2 Å². The van der Waals surface area contributed by atoms with E-state index in [9.17, 15) is 9.90 Å². The number of anilines is 1. The Morgan fingerprint density at radius 2 is 2.04 bits per heavy atom. The highest BCUT2D eigenvalue weighted by Gasteiger charge is 2.34. The third kappa shape index (κ3) is 4.42. The molecule has 0 unspecified atom stereocenters. The van der Waals surface area contributed by atoms with Crippen molar-refractivity contribution in [3.63, 3.8) is 0 Å². The van der Waals surface area contributed by atoms with Crippen LogP contribution < -0.4 is 10.2 Å². The summed E-state index contributed by atoms with van der Waals surface area (Å²) >= 11 is 0. The van der Waals surface area contributed by atoms with Crippen LogP contribution in [0, 0.1) is 0 Å². The molecule has 1 aliphatic carbocycles. The number of carbonyl (C=O) groups is 1. The van der Waals surface area contributed by atoms with E-state index in [-0.39, 0.29) is 5.91 Å². The van der Waals surface area contributed by atoms with Crippen molar-refractivity contribution < 1.29 is 9.90 Å². The predicted molar refractivity (Wildman–Crippen MR) is 89.3 cm³/mol. The first kappa shape index (κ1) is 16.2. The maximum Gasteiger partial charge on any atom is 0.221 e. The summed E-state index contributed by atoms with van der Waals surface area (Å²) in [4.78, 5) is 20.9. The molecule has 0 atom stereocenters. The molecule has 6 heteroatoms. The average Bonchev–Trinajstić information content (AvgIpc) is 2.57. The Balaban J connectivity index is 1.33. The lowest BCUT2D eigenvalue weighted by molar-refractivity contribution is -0.123. The molecule has 23 heavy (non-hydrogen) atoms. The van der Waals surface area contributed by atoms with E-state index in [1.54, 1.807) is 0 Å². The van der Waals surface area contributed by atoms with E-state index in [0.717, 1.165) is 57.8 Å². The summed E-state index contributed by atoms with van der Waals surface area (Å²) in [6.45, 7) is 4.97. The van der Waals surface area contributed by atoms with Crippen LogP contribution in [0.4, 0.5) is 5.82 Å². The molecule has 2 fully saturated rings. The summed E-state index contributed by atoms with van der Waals surface area (Å²) in [5, 5.41) is 12.8. The second-order valence-corrected chi connectivity index (χ2v) is 6.62. The van der Waals surface area contributed by atoms with Gasteiger partial charge in [-0.3, -0.25) is 9.69 Å². The van der Waals surface area contributed by atoms with Gasteiger partial charge < -0.3 is 15.3 Å². The normalized spacial score (nSPS) is 20.8. The Bertz CT molecular complexity index is 511. The number of aliphatic hydroxyl groups is 1. The van der Waals surface area contributed by atoms with E-state index in [0.29, 0.717) is 13.0 Å². The van der Waals surface area contributed by atoms with Gasteiger partial charge in [0.05, 0.1) is 5.60 Å². The lowest BCUT2D eigenvalue weighted by atomic mass is 9.80. The van der Waals surface area contributed by atoms with Gasteiger partial charge in [0, 0.05) is 51.9 Å². The van der Waals surface area contributed by atoms with Gasteiger partial charge in [0.15, 0.2) is 0 Å². The maximum atomic E-state index is 11.9. The molecule has 1 aliphatic heterocycles. The van der Waals surface area contributed by atoms with Crippen LogP contribution in [0.1, 0.15) is 25.7 Å². The smallest absolute Gasteiger partial charge is 0.221 e. The van der Waals surface area contributed by atoms with E-state index < -0.39 is 5.60 Å². The number of piperazine rings is 1. The minimum Gasteiger partial charge on any atom is -0.388 e. The Labute approximate surface area is 137 Å². The second kappa shape index (κ2) is 7.27. The summed E-state index contributed by atoms with van der Waals surface area (Å²) in [6, 6.07) is 5.97. The largest absolute Gasteiger partial charge is 0.388 e. The van der Waals surface area contributed by atoms with Crippen LogP contribution in [-0.2, 0) is 4.79 Å². The molecule has 2 N–H and O–H groups in total. The molecule has 1 amide bonds. The highest BCUT2D eigenvalue weighted by Crippen LogP contribution is 2.30. The van der Waals surface area contributed by atoms with Crippen molar-refractivity contribution in [3.05, 3.63) is 24.4 Å². The van der Waals surface area contributed by atoms with Crippen LogP contribution in [-0.4, -0.2) is 65.8 Å². The molecule has 126 valence electrons. The van der Waals surface area contributed by atoms with Gasteiger partial charge in [-0.1, -0.05) is 6.07 Å². The highest BCUT2D eigenvalue weighted by atomic mass is 16.3. The Morgan fingerprint density at radius 1 is 1.26 bits per heavy atom. The third-order valence-electron chi connectivity index (χ3n) is 4.90. The van der Waals surface area contributed by atoms with Crippen LogP contribution in [0.2, 0.25) is 0 Å². The van der Waals surface area contributed by atoms with Gasteiger partial charge in [0.1, 0.15) is 5.82 Å². The van der Waals surface area contributed by atoms with Crippen molar-refractivity contribution >= 4 is 11.7 Å². The summed E-state index contributed by atoms with van der Waals surface area (Å²) in [5.74, 6) is 1.07. The van der Waals surface area contributed by atoms with E-state index in [2.05, 4.69) is 20.1 Å². The molecule has 6 nitrogen and oxygen atoms in total. The average molecular weight is 318 g/mol. The lowest BCUT2D eigenvalue weighted by Gasteiger charge is -2.37. The Morgan fingerprint density at radius 3 is 2.65 bits per heavy atom. The zero-order valence-electron chi connectivity index (χ0n) is 13.6. The van der Waals surface area contributed by atoms with Gasteiger partial charge in [0.2, 0.25) is 5.91 Å². The zero-order valence-corrected chi connectivity index (χ0v) is 13.6. The van der Waals surface area contributed by atoms with Crippen molar-refractivity contribution in [2.45, 2.75) is 31.3 Å². The summed E-state index contributed by atoms with van der Waals surface area (Å²) in [6.07, 6.45) is 5.00. The number of nitrogens with zero attached hydrogens (tertiary/aromatic N) is 3. The van der Waals surface area contributed by atoms with Gasteiger partial charge in [-0.25, -0.2) is 4.98 Å². The topological polar surface area (TPSA) is 68.7 Å². The maximum absolute atomic E-state index is 11.9. The highest BCUT2D eigenvalue weighted by molar-refractivity contribution is 5.76.